The van der Waals surface area contributed by atoms with Crippen molar-refractivity contribution in [3.05, 3.63) is 0 Å². The summed E-state index contributed by atoms with van der Waals surface area (Å²) < 4.78 is 5.29. The standard InChI is InChI=1S/C15H26N2O4/c1-17(12-7-9-21-10-8-12)15(20)16-13(14(18)19)11-5-3-2-4-6-11/h11-13H,2-10H2,1H3,(H,16,20)(H,18,19). The number of carboxylic acids is 1. The van der Waals surface area contributed by atoms with Gasteiger partial charge in [-0.3, -0.25) is 0 Å². The number of nitrogens with zero attached hydrogens (tertiary/aromatic N) is 1. The summed E-state index contributed by atoms with van der Waals surface area (Å²) in [6.07, 6.45) is 6.67. The Hall–Kier alpha value is -1.30. The molecule has 2 amide bonds. The fourth-order valence-corrected chi connectivity index (χ4v) is 3.32. The summed E-state index contributed by atoms with van der Waals surface area (Å²) in [4.78, 5) is 25.4. The monoisotopic (exact) mass is 298 g/mol. The number of carbonyl (C=O) groups is 2. The van der Waals surface area contributed by atoms with Crippen LogP contribution in [0.25, 0.3) is 0 Å². The van der Waals surface area contributed by atoms with Crippen LogP contribution in [-0.4, -0.2) is 54.4 Å². The second-order valence-corrected chi connectivity index (χ2v) is 6.12. The number of amides is 2. The van der Waals surface area contributed by atoms with Crippen molar-refractivity contribution in [2.75, 3.05) is 20.3 Å². The molecule has 2 N–H and O–H groups in total. The zero-order valence-corrected chi connectivity index (χ0v) is 12.7. The lowest BCUT2D eigenvalue weighted by molar-refractivity contribution is -0.141. The van der Waals surface area contributed by atoms with E-state index in [9.17, 15) is 14.7 Å². The Morgan fingerprint density at radius 2 is 1.76 bits per heavy atom. The van der Waals surface area contributed by atoms with Crippen molar-refractivity contribution < 1.29 is 19.4 Å². The third-order valence-corrected chi connectivity index (χ3v) is 4.73. The summed E-state index contributed by atoms with van der Waals surface area (Å²) in [5.41, 5.74) is 0. The van der Waals surface area contributed by atoms with Crippen LogP contribution in [-0.2, 0) is 9.53 Å². The minimum atomic E-state index is -0.921. The smallest absolute Gasteiger partial charge is 0.326 e. The van der Waals surface area contributed by atoms with Crippen molar-refractivity contribution in [3.8, 4) is 0 Å². The number of hydrogen-bond donors (Lipinski definition) is 2. The number of hydrogen-bond acceptors (Lipinski definition) is 3. The fourth-order valence-electron chi connectivity index (χ4n) is 3.32. The van der Waals surface area contributed by atoms with E-state index in [1.165, 1.54) is 6.42 Å². The highest BCUT2D eigenvalue weighted by atomic mass is 16.5. The van der Waals surface area contributed by atoms with Crippen LogP contribution < -0.4 is 5.32 Å². The second-order valence-electron chi connectivity index (χ2n) is 6.12. The molecule has 120 valence electrons. The van der Waals surface area contributed by atoms with E-state index in [4.69, 9.17) is 4.74 Å². The zero-order valence-electron chi connectivity index (χ0n) is 12.7. The van der Waals surface area contributed by atoms with Crippen molar-refractivity contribution in [1.82, 2.24) is 10.2 Å². The molecule has 0 radical (unpaired) electrons. The van der Waals surface area contributed by atoms with E-state index in [0.717, 1.165) is 38.5 Å². The van der Waals surface area contributed by atoms with Crippen LogP contribution in [0, 0.1) is 5.92 Å². The average Bonchev–Trinajstić information content (AvgIpc) is 2.53. The Bertz CT molecular complexity index is 363. The lowest BCUT2D eigenvalue weighted by Crippen LogP contribution is -2.53. The van der Waals surface area contributed by atoms with E-state index in [0.29, 0.717) is 13.2 Å². The predicted octanol–water partition coefficient (Wildman–Crippen LogP) is 1.84. The number of nitrogens with one attached hydrogen (secondary N) is 1. The predicted molar refractivity (Wildman–Crippen MR) is 78.1 cm³/mol. The highest BCUT2D eigenvalue weighted by Crippen LogP contribution is 2.27. The van der Waals surface area contributed by atoms with E-state index >= 15 is 0 Å². The van der Waals surface area contributed by atoms with Gasteiger partial charge in [0.1, 0.15) is 6.04 Å². The van der Waals surface area contributed by atoms with Crippen LogP contribution in [0.3, 0.4) is 0 Å². The van der Waals surface area contributed by atoms with Gasteiger partial charge in [0.15, 0.2) is 0 Å². The number of rotatable bonds is 4. The molecule has 1 aliphatic carbocycles. The summed E-state index contributed by atoms with van der Waals surface area (Å²) in [6.45, 7) is 1.32. The Balaban J connectivity index is 1.92. The molecule has 1 atom stereocenters. The highest BCUT2D eigenvalue weighted by Gasteiger charge is 2.32. The van der Waals surface area contributed by atoms with E-state index in [-0.39, 0.29) is 18.0 Å². The van der Waals surface area contributed by atoms with Gasteiger partial charge in [-0.2, -0.15) is 0 Å². The van der Waals surface area contributed by atoms with Crippen LogP contribution in [0.4, 0.5) is 4.79 Å². The van der Waals surface area contributed by atoms with Crippen LogP contribution >= 0.6 is 0 Å². The summed E-state index contributed by atoms with van der Waals surface area (Å²) in [7, 11) is 1.74. The van der Waals surface area contributed by atoms with Gasteiger partial charge in [-0.1, -0.05) is 19.3 Å². The molecule has 0 spiro atoms. The molecule has 0 aromatic carbocycles. The van der Waals surface area contributed by atoms with Gasteiger partial charge in [0.2, 0.25) is 0 Å². The summed E-state index contributed by atoms with van der Waals surface area (Å²) in [5.74, 6) is -0.862. The van der Waals surface area contributed by atoms with E-state index in [1.54, 1.807) is 11.9 Å². The molecule has 1 heterocycles. The first-order valence-corrected chi connectivity index (χ1v) is 7.93. The minimum absolute atomic E-state index is 0.0586. The molecule has 0 bridgehead atoms. The summed E-state index contributed by atoms with van der Waals surface area (Å²) in [5, 5.41) is 12.1. The van der Waals surface area contributed by atoms with Crippen molar-refractivity contribution >= 4 is 12.0 Å². The van der Waals surface area contributed by atoms with E-state index < -0.39 is 12.0 Å². The van der Waals surface area contributed by atoms with Crippen molar-refractivity contribution in [2.24, 2.45) is 5.92 Å². The van der Waals surface area contributed by atoms with E-state index in [2.05, 4.69) is 5.32 Å². The molecule has 6 heteroatoms. The summed E-state index contributed by atoms with van der Waals surface area (Å²) >= 11 is 0. The molecule has 1 aliphatic heterocycles. The first-order chi connectivity index (χ1) is 10.1. The maximum absolute atomic E-state index is 12.3. The first kappa shape index (κ1) is 16.1. The quantitative estimate of drug-likeness (QED) is 0.830. The maximum atomic E-state index is 12.3. The van der Waals surface area contributed by atoms with Gasteiger partial charge in [0.25, 0.3) is 0 Å². The highest BCUT2D eigenvalue weighted by molar-refractivity contribution is 5.82. The number of aliphatic carboxylic acids is 1. The van der Waals surface area contributed by atoms with Crippen LogP contribution in [0.1, 0.15) is 44.9 Å². The molecule has 1 saturated heterocycles. The number of ether oxygens (including phenoxy) is 1. The van der Waals surface area contributed by atoms with Crippen molar-refractivity contribution in [3.63, 3.8) is 0 Å². The topological polar surface area (TPSA) is 78.9 Å². The summed E-state index contributed by atoms with van der Waals surface area (Å²) in [6, 6.07) is -0.903. The Morgan fingerprint density at radius 3 is 2.33 bits per heavy atom. The third-order valence-electron chi connectivity index (χ3n) is 4.73. The molecule has 2 fully saturated rings. The second kappa shape index (κ2) is 7.64. The van der Waals surface area contributed by atoms with Crippen LogP contribution in [0.5, 0.6) is 0 Å². The largest absolute Gasteiger partial charge is 0.480 e. The molecule has 2 rings (SSSR count). The first-order valence-electron chi connectivity index (χ1n) is 7.93. The van der Waals surface area contributed by atoms with Gasteiger partial charge in [-0.05, 0) is 31.6 Å². The minimum Gasteiger partial charge on any atom is -0.480 e. The van der Waals surface area contributed by atoms with Crippen LogP contribution in [0.15, 0.2) is 0 Å². The molecular weight excluding hydrogens is 272 g/mol. The van der Waals surface area contributed by atoms with Gasteiger partial charge in [-0.25, -0.2) is 9.59 Å². The zero-order chi connectivity index (χ0) is 15.2. The van der Waals surface area contributed by atoms with Crippen molar-refractivity contribution in [2.45, 2.75) is 57.0 Å². The Kier molecular flexibility index (Phi) is 5.85. The van der Waals surface area contributed by atoms with Gasteiger partial charge >= 0.3 is 12.0 Å². The number of carboxylic acid groups (broad SMARTS) is 1. The van der Waals surface area contributed by atoms with Crippen molar-refractivity contribution in [1.29, 1.82) is 0 Å². The molecule has 1 unspecified atom stereocenters. The van der Waals surface area contributed by atoms with Gasteiger partial charge in [0, 0.05) is 26.3 Å². The van der Waals surface area contributed by atoms with Crippen LogP contribution in [0.2, 0.25) is 0 Å². The molecule has 0 aromatic heterocycles. The molecule has 6 nitrogen and oxygen atoms in total. The Morgan fingerprint density at radius 1 is 1.14 bits per heavy atom. The number of carbonyl (C=O) groups excluding carboxylic acids is 1. The molecule has 21 heavy (non-hydrogen) atoms. The molecular formula is C15H26N2O4. The SMILES string of the molecule is CN(C(=O)NC(C(=O)O)C1CCCCC1)C1CCOCC1. The van der Waals surface area contributed by atoms with E-state index in [1.807, 2.05) is 0 Å². The molecule has 2 aliphatic rings. The molecule has 0 aromatic rings. The average molecular weight is 298 g/mol. The fraction of sp³-hybridized carbons (Fsp3) is 0.867. The molecule has 1 saturated carbocycles. The Labute approximate surface area is 125 Å². The third kappa shape index (κ3) is 4.33. The maximum Gasteiger partial charge on any atom is 0.326 e. The normalized spacial score (nSPS) is 22.5. The number of urea groups is 1. The lowest BCUT2D eigenvalue weighted by atomic mass is 9.84. The van der Waals surface area contributed by atoms with Gasteiger partial charge in [-0.15, -0.1) is 0 Å². The van der Waals surface area contributed by atoms with Gasteiger partial charge in [0.05, 0.1) is 0 Å². The van der Waals surface area contributed by atoms with Gasteiger partial charge < -0.3 is 20.1 Å². The lowest BCUT2D eigenvalue weighted by Gasteiger charge is -2.34.